The summed E-state index contributed by atoms with van der Waals surface area (Å²) < 4.78 is 1.16. The number of thiophene rings is 1. The molecule has 1 atom stereocenters. The number of hydrogen-bond donors (Lipinski definition) is 1. The standard InChI is InChI=1S/C20H25N3O2S.ClH/c1-14-16-6-2-3-7-17(16)26-19(14)20(25)23-11-9-22(10-12-23)18(24)13-15-5-4-8-21-15;/h2-3,6-7,15,21H,4-5,8-13H2,1H3;1H. The Balaban J connectivity index is 0.00000210. The summed E-state index contributed by atoms with van der Waals surface area (Å²) in [6.45, 7) is 5.57. The van der Waals surface area contributed by atoms with Gasteiger partial charge in [-0.3, -0.25) is 9.59 Å². The Morgan fingerprint density at radius 2 is 1.85 bits per heavy atom. The molecule has 146 valence electrons. The number of carbonyl (C=O) groups is 2. The van der Waals surface area contributed by atoms with Gasteiger partial charge in [0.15, 0.2) is 0 Å². The molecule has 0 aliphatic carbocycles. The zero-order chi connectivity index (χ0) is 18.1. The van der Waals surface area contributed by atoms with Gasteiger partial charge >= 0.3 is 0 Å². The summed E-state index contributed by atoms with van der Waals surface area (Å²) in [5.74, 6) is 0.322. The molecule has 0 spiro atoms. The molecule has 4 rings (SSSR count). The van der Waals surface area contributed by atoms with Gasteiger partial charge in [0.05, 0.1) is 4.88 Å². The summed E-state index contributed by atoms with van der Waals surface area (Å²) in [5.41, 5.74) is 1.07. The highest BCUT2D eigenvalue weighted by Crippen LogP contribution is 2.31. The van der Waals surface area contributed by atoms with E-state index in [-0.39, 0.29) is 24.2 Å². The van der Waals surface area contributed by atoms with Crippen LogP contribution in [0, 0.1) is 6.92 Å². The summed E-state index contributed by atoms with van der Waals surface area (Å²) >= 11 is 1.57. The van der Waals surface area contributed by atoms with E-state index in [9.17, 15) is 9.59 Å². The number of aryl methyl sites for hydroxylation is 1. The summed E-state index contributed by atoms with van der Waals surface area (Å²) in [4.78, 5) is 30.1. The van der Waals surface area contributed by atoms with Crippen LogP contribution in [0.25, 0.3) is 10.1 Å². The number of hydrogen-bond acceptors (Lipinski definition) is 4. The Morgan fingerprint density at radius 1 is 1.15 bits per heavy atom. The molecule has 1 N–H and O–H groups in total. The lowest BCUT2D eigenvalue weighted by atomic mass is 10.1. The van der Waals surface area contributed by atoms with Crippen LogP contribution in [0.15, 0.2) is 24.3 Å². The molecular weight excluding hydrogens is 382 g/mol. The van der Waals surface area contributed by atoms with Crippen LogP contribution in [0.4, 0.5) is 0 Å². The van der Waals surface area contributed by atoms with E-state index in [1.807, 2.05) is 28.9 Å². The normalized spacial score (nSPS) is 20.0. The number of benzene rings is 1. The molecule has 27 heavy (non-hydrogen) atoms. The SMILES string of the molecule is Cc1c(C(=O)N2CCN(C(=O)CC3CCCN3)CC2)sc2ccccc12.Cl. The lowest BCUT2D eigenvalue weighted by molar-refractivity contribution is -0.133. The van der Waals surface area contributed by atoms with Crippen LogP contribution < -0.4 is 5.32 Å². The molecule has 0 radical (unpaired) electrons. The van der Waals surface area contributed by atoms with E-state index in [1.54, 1.807) is 11.3 Å². The van der Waals surface area contributed by atoms with Crippen LogP contribution >= 0.6 is 23.7 Å². The van der Waals surface area contributed by atoms with Gasteiger partial charge in [0, 0.05) is 43.3 Å². The van der Waals surface area contributed by atoms with E-state index in [0.717, 1.165) is 34.5 Å². The summed E-state index contributed by atoms with van der Waals surface area (Å²) in [6, 6.07) is 8.50. The molecule has 1 unspecified atom stereocenters. The van der Waals surface area contributed by atoms with Gasteiger partial charge in [0.1, 0.15) is 0 Å². The van der Waals surface area contributed by atoms with Gasteiger partial charge in [0.25, 0.3) is 5.91 Å². The van der Waals surface area contributed by atoms with Crippen molar-refractivity contribution in [3.05, 3.63) is 34.7 Å². The number of halogens is 1. The monoisotopic (exact) mass is 407 g/mol. The van der Waals surface area contributed by atoms with Crippen LogP contribution in [0.1, 0.15) is 34.5 Å². The molecule has 2 saturated heterocycles. The number of nitrogens with zero attached hydrogens (tertiary/aromatic N) is 2. The second kappa shape index (κ2) is 8.59. The van der Waals surface area contributed by atoms with Crippen molar-refractivity contribution in [3.8, 4) is 0 Å². The Kier molecular flexibility index (Phi) is 6.40. The zero-order valence-corrected chi connectivity index (χ0v) is 17.2. The maximum absolute atomic E-state index is 13.0. The Bertz CT molecular complexity index is 824. The Morgan fingerprint density at radius 3 is 2.52 bits per heavy atom. The zero-order valence-electron chi connectivity index (χ0n) is 15.6. The fraction of sp³-hybridized carbons (Fsp3) is 0.500. The number of amides is 2. The summed E-state index contributed by atoms with van der Waals surface area (Å²) in [6.07, 6.45) is 2.84. The van der Waals surface area contributed by atoms with Crippen LogP contribution in [0.3, 0.4) is 0 Å². The van der Waals surface area contributed by atoms with E-state index >= 15 is 0 Å². The van der Waals surface area contributed by atoms with Gasteiger partial charge in [-0.25, -0.2) is 0 Å². The third-order valence-corrected chi connectivity index (χ3v) is 6.80. The largest absolute Gasteiger partial charge is 0.339 e. The van der Waals surface area contributed by atoms with Gasteiger partial charge < -0.3 is 15.1 Å². The fourth-order valence-electron chi connectivity index (χ4n) is 3.95. The average Bonchev–Trinajstić information content (AvgIpc) is 3.29. The smallest absolute Gasteiger partial charge is 0.264 e. The van der Waals surface area contributed by atoms with E-state index < -0.39 is 0 Å². The first-order valence-electron chi connectivity index (χ1n) is 9.42. The highest BCUT2D eigenvalue weighted by atomic mass is 35.5. The van der Waals surface area contributed by atoms with E-state index in [1.165, 1.54) is 5.39 Å². The molecule has 2 fully saturated rings. The lowest BCUT2D eigenvalue weighted by Crippen LogP contribution is -2.51. The van der Waals surface area contributed by atoms with E-state index in [0.29, 0.717) is 38.6 Å². The Labute approximate surface area is 170 Å². The minimum absolute atomic E-state index is 0. The molecule has 2 aliphatic rings. The first-order chi connectivity index (χ1) is 12.6. The van der Waals surface area contributed by atoms with Crippen LogP contribution in [0.5, 0.6) is 0 Å². The summed E-state index contributed by atoms with van der Waals surface area (Å²) in [7, 11) is 0. The van der Waals surface area contributed by atoms with Crippen molar-refractivity contribution < 1.29 is 9.59 Å². The second-order valence-corrected chi connectivity index (χ2v) is 8.27. The Hall–Kier alpha value is -1.63. The molecule has 0 saturated carbocycles. The lowest BCUT2D eigenvalue weighted by Gasteiger charge is -2.35. The molecule has 2 aliphatic heterocycles. The third-order valence-electron chi connectivity index (χ3n) is 5.54. The molecule has 3 heterocycles. The van der Waals surface area contributed by atoms with E-state index in [2.05, 4.69) is 17.4 Å². The maximum atomic E-state index is 13.0. The molecule has 1 aromatic heterocycles. The number of rotatable bonds is 3. The molecule has 0 bridgehead atoms. The third kappa shape index (κ3) is 4.13. The van der Waals surface area contributed by atoms with Gasteiger partial charge in [0.2, 0.25) is 5.91 Å². The predicted octanol–water partition coefficient (Wildman–Crippen LogP) is 3.06. The molecule has 2 amide bonds. The van der Waals surface area contributed by atoms with Crippen molar-refractivity contribution in [2.24, 2.45) is 0 Å². The molecular formula is C20H26ClN3O2S. The van der Waals surface area contributed by atoms with E-state index in [4.69, 9.17) is 0 Å². The topological polar surface area (TPSA) is 52.7 Å². The quantitative estimate of drug-likeness (QED) is 0.850. The highest BCUT2D eigenvalue weighted by Gasteiger charge is 2.28. The fourth-order valence-corrected chi connectivity index (χ4v) is 5.13. The van der Waals surface area contributed by atoms with Crippen molar-refractivity contribution in [2.75, 3.05) is 32.7 Å². The molecule has 1 aromatic carbocycles. The first-order valence-corrected chi connectivity index (χ1v) is 10.2. The minimum atomic E-state index is 0. The highest BCUT2D eigenvalue weighted by molar-refractivity contribution is 7.21. The maximum Gasteiger partial charge on any atom is 0.264 e. The number of carbonyl (C=O) groups excluding carboxylic acids is 2. The minimum Gasteiger partial charge on any atom is -0.339 e. The van der Waals surface area contributed by atoms with Crippen LogP contribution in [-0.4, -0.2) is 60.4 Å². The van der Waals surface area contributed by atoms with Crippen LogP contribution in [-0.2, 0) is 4.79 Å². The van der Waals surface area contributed by atoms with Crippen LogP contribution in [0.2, 0.25) is 0 Å². The molecule has 7 heteroatoms. The van der Waals surface area contributed by atoms with Gasteiger partial charge in [-0.2, -0.15) is 0 Å². The first kappa shape index (κ1) is 20.1. The predicted molar refractivity (Wildman–Crippen MR) is 112 cm³/mol. The van der Waals surface area contributed by atoms with Gasteiger partial charge in [-0.15, -0.1) is 23.7 Å². The summed E-state index contributed by atoms with van der Waals surface area (Å²) in [5, 5.41) is 4.55. The second-order valence-electron chi connectivity index (χ2n) is 7.22. The molecule has 2 aromatic rings. The van der Waals surface area contributed by atoms with Gasteiger partial charge in [-0.05, 0) is 43.3 Å². The van der Waals surface area contributed by atoms with Crippen molar-refractivity contribution >= 4 is 45.6 Å². The van der Waals surface area contributed by atoms with Gasteiger partial charge in [-0.1, -0.05) is 18.2 Å². The van der Waals surface area contributed by atoms with Crippen molar-refractivity contribution in [1.82, 2.24) is 15.1 Å². The number of fused-ring (bicyclic) bond motifs is 1. The van der Waals surface area contributed by atoms with Crippen molar-refractivity contribution in [1.29, 1.82) is 0 Å². The molecule has 5 nitrogen and oxygen atoms in total. The van der Waals surface area contributed by atoms with Crippen molar-refractivity contribution in [2.45, 2.75) is 32.2 Å². The van der Waals surface area contributed by atoms with Crippen molar-refractivity contribution in [3.63, 3.8) is 0 Å². The number of piperazine rings is 1. The number of nitrogens with one attached hydrogen (secondary N) is 1. The average molecular weight is 408 g/mol.